The summed E-state index contributed by atoms with van der Waals surface area (Å²) in [4.78, 5) is 0. The average molecular weight is 217 g/mol. The fraction of sp³-hybridized carbons (Fsp3) is 0.250. The molecular formula is C12H15N3O. The molecule has 84 valence electrons. The molecule has 0 atom stereocenters. The highest BCUT2D eigenvalue weighted by Gasteiger charge is 1.97. The molecule has 0 bridgehead atoms. The molecule has 0 fully saturated rings. The first-order valence-electron chi connectivity index (χ1n) is 5.18. The van der Waals surface area contributed by atoms with Gasteiger partial charge in [0.05, 0.1) is 18.5 Å². The zero-order valence-electron chi connectivity index (χ0n) is 9.23. The monoisotopic (exact) mass is 217 g/mol. The summed E-state index contributed by atoms with van der Waals surface area (Å²) in [6.07, 6.45) is 3.60. The standard InChI is InChI=1S/C12H15N3O/c1-16-9-11-4-2-3-10(5-11)6-13-12-7-14-15-8-12/h2-5,7-8,13H,6,9H2,1H3,(H,14,15). The minimum Gasteiger partial charge on any atom is -0.380 e. The average Bonchev–Trinajstić information content (AvgIpc) is 2.80. The Bertz CT molecular complexity index is 426. The van der Waals surface area contributed by atoms with E-state index in [4.69, 9.17) is 4.74 Å². The Labute approximate surface area is 94.6 Å². The van der Waals surface area contributed by atoms with Gasteiger partial charge in [0.1, 0.15) is 0 Å². The van der Waals surface area contributed by atoms with Crippen molar-refractivity contribution in [1.82, 2.24) is 10.2 Å². The van der Waals surface area contributed by atoms with Gasteiger partial charge in [0.2, 0.25) is 0 Å². The summed E-state index contributed by atoms with van der Waals surface area (Å²) < 4.78 is 5.10. The third kappa shape index (κ3) is 2.84. The fourth-order valence-electron chi connectivity index (χ4n) is 1.55. The number of nitrogens with zero attached hydrogens (tertiary/aromatic N) is 1. The topological polar surface area (TPSA) is 49.9 Å². The second-order valence-electron chi connectivity index (χ2n) is 3.59. The van der Waals surface area contributed by atoms with Crippen LogP contribution < -0.4 is 5.32 Å². The van der Waals surface area contributed by atoms with Gasteiger partial charge in [0, 0.05) is 19.9 Å². The molecule has 1 aromatic carbocycles. The highest BCUT2D eigenvalue weighted by molar-refractivity contribution is 5.39. The van der Waals surface area contributed by atoms with Gasteiger partial charge in [-0.05, 0) is 11.1 Å². The fourth-order valence-corrected chi connectivity index (χ4v) is 1.55. The first kappa shape index (κ1) is 10.7. The van der Waals surface area contributed by atoms with Crippen molar-refractivity contribution >= 4 is 5.69 Å². The lowest BCUT2D eigenvalue weighted by Crippen LogP contribution is -1.99. The van der Waals surface area contributed by atoms with Crippen LogP contribution in [0.25, 0.3) is 0 Å². The van der Waals surface area contributed by atoms with E-state index in [9.17, 15) is 0 Å². The summed E-state index contributed by atoms with van der Waals surface area (Å²) in [5, 5.41) is 9.91. The van der Waals surface area contributed by atoms with Gasteiger partial charge in [-0.15, -0.1) is 0 Å². The Morgan fingerprint density at radius 1 is 1.38 bits per heavy atom. The lowest BCUT2D eigenvalue weighted by molar-refractivity contribution is 0.185. The lowest BCUT2D eigenvalue weighted by Gasteiger charge is -2.06. The molecule has 0 saturated heterocycles. The van der Waals surface area contributed by atoms with Crippen molar-refractivity contribution in [3.8, 4) is 0 Å². The van der Waals surface area contributed by atoms with E-state index in [0.29, 0.717) is 6.61 Å². The summed E-state index contributed by atoms with van der Waals surface area (Å²) in [6.45, 7) is 1.44. The molecule has 0 saturated carbocycles. The van der Waals surface area contributed by atoms with Crippen molar-refractivity contribution in [3.63, 3.8) is 0 Å². The Kier molecular flexibility index (Phi) is 3.56. The molecule has 0 amide bonds. The number of benzene rings is 1. The predicted octanol–water partition coefficient (Wildman–Crippen LogP) is 2.17. The van der Waals surface area contributed by atoms with Crippen molar-refractivity contribution in [2.75, 3.05) is 12.4 Å². The smallest absolute Gasteiger partial charge is 0.0726 e. The second-order valence-corrected chi connectivity index (χ2v) is 3.59. The van der Waals surface area contributed by atoms with E-state index in [1.807, 2.05) is 12.3 Å². The number of aromatic amines is 1. The highest BCUT2D eigenvalue weighted by Crippen LogP contribution is 2.09. The van der Waals surface area contributed by atoms with Crippen molar-refractivity contribution in [3.05, 3.63) is 47.8 Å². The Morgan fingerprint density at radius 2 is 2.25 bits per heavy atom. The number of anilines is 1. The summed E-state index contributed by atoms with van der Waals surface area (Å²) in [5.41, 5.74) is 3.42. The van der Waals surface area contributed by atoms with Crippen molar-refractivity contribution in [1.29, 1.82) is 0 Å². The summed E-state index contributed by atoms with van der Waals surface area (Å²) in [7, 11) is 1.70. The molecule has 2 aromatic rings. The number of hydrogen-bond acceptors (Lipinski definition) is 3. The summed E-state index contributed by atoms with van der Waals surface area (Å²) in [6, 6.07) is 8.33. The Balaban J connectivity index is 1.96. The summed E-state index contributed by atoms with van der Waals surface area (Å²) in [5.74, 6) is 0. The zero-order chi connectivity index (χ0) is 11.2. The van der Waals surface area contributed by atoms with E-state index in [1.165, 1.54) is 11.1 Å². The van der Waals surface area contributed by atoms with Crippen LogP contribution in [-0.2, 0) is 17.9 Å². The highest BCUT2D eigenvalue weighted by atomic mass is 16.5. The predicted molar refractivity (Wildman–Crippen MR) is 63.1 cm³/mol. The summed E-state index contributed by atoms with van der Waals surface area (Å²) >= 11 is 0. The Morgan fingerprint density at radius 3 is 3.00 bits per heavy atom. The van der Waals surface area contributed by atoms with Crippen LogP contribution in [0.1, 0.15) is 11.1 Å². The van der Waals surface area contributed by atoms with Gasteiger partial charge in [-0.25, -0.2) is 0 Å². The molecule has 4 heteroatoms. The number of rotatable bonds is 5. The molecule has 0 aliphatic carbocycles. The molecule has 4 nitrogen and oxygen atoms in total. The second kappa shape index (κ2) is 5.32. The maximum absolute atomic E-state index is 5.10. The van der Waals surface area contributed by atoms with Gasteiger partial charge in [0.25, 0.3) is 0 Å². The normalized spacial score (nSPS) is 10.3. The van der Waals surface area contributed by atoms with E-state index in [-0.39, 0.29) is 0 Å². The molecule has 1 aromatic heterocycles. The molecule has 0 radical (unpaired) electrons. The van der Waals surface area contributed by atoms with Crippen LogP contribution in [0.3, 0.4) is 0 Å². The first-order chi connectivity index (χ1) is 7.88. The van der Waals surface area contributed by atoms with Crippen molar-refractivity contribution in [2.24, 2.45) is 0 Å². The maximum atomic E-state index is 5.10. The molecule has 16 heavy (non-hydrogen) atoms. The molecule has 1 heterocycles. The minimum absolute atomic E-state index is 0.652. The molecule has 2 rings (SSSR count). The van der Waals surface area contributed by atoms with Crippen LogP contribution in [0.5, 0.6) is 0 Å². The van der Waals surface area contributed by atoms with Crippen molar-refractivity contribution in [2.45, 2.75) is 13.2 Å². The van der Waals surface area contributed by atoms with E-state index >= 15 is 0 Å². The van der Waals surface area contributed by atoms with E-state index in [0.717, 1.165) is 12.2 Å². The third-order valence-electron chi connectivity index (χ3n) is 2.30. The zero-order valence-corrected chi connectivity index (χ0v) is 9.23. The number of aromatic nitrogens is 2. The number of methoxy groups -OCH3 is 1. The molecule has 0 unspecified atom stereocenters. The van der Waals surface area contributed by atoms with Crippen LogP contribution in [-0.4, -0.2) is 17.3 Å². The molecule has 0 aliphatic rings. The number of H-pyrrole nitrogens is 1. The van der Waals surface area contributed by atoms with Crippen LogP contribution in [0, 0.1) is 0 Å². The molecule has 2 N–H and O–H groups in total. The first-order valence-corrected chi connectivity index (χ1v) is 5.18. The van der Waals surface area contributed by atoms with Gasteiger partial charge < -0.3 is 10.1 Å². The van der Waals surface area contributed by atoms with E-state index in [2.05, 4.69) is 33.7 Å². The third-order valence-corrected chi connectivity index (χ3v) is 2.30. The van der Waals surface area contributed by atoms with Crippen LogP contribution in [0.4, 0.5) is 5.69 Å². The minimum atomic E-state index is 0.652. The Hall–Kier alpha value is -1.81. The van der Waals surface area contributed by atoms with Gasteiger partial charge >= 0.3 is 0 Å². The molecule has 0 spiro atoms. The lowest BCUT2D eigenvalue weighted by atomic mass is 10.1. The molecule has 0 aliphatic heterocycles. The number of ether oxygens (including phenoxy) is 1. The van der Waals surface area contributed by atoms with E-state index in [1.54, 1.807) is 13.3 Å². The van der Waals surface area contributed by atoms with Crippen LogP contribution in [0.15, 0.2) is 36.7 Å². The number of hydrogen-bond donors (Lipinski definition) is 2. The largest absolute Gasteiger partial charge is 0.380 e. The molecular weight excluding hydrogens is 202 g/mol. The number of nitrogens with one attached hydrogen (secondary N) is 2. The van der Waals surface area contributed by atoms with E-state index < -0.39 is 0 Å². The van der Waals surface area contributed by atoms with Crippen LogP contribution in [0.2, 0.25) is 0 Å². The maximum Gasteiger partial charge on any atom is 0.0726 e. The van der Waals surface area contributed by atoms with Gasteiger partial charge in [-0.2, -0.15) is 5.10 Å². The van der Waals surface area contributed by atoms with Gasteiger partial charge in [-0.1, -0.05) is 24.3 Å². The SMILES string of the molecule is COCc1cccc(CNc2cn[nH]c2)c1. The van der Waals surface area contributed by atoms with Gasteiger partial charge in [0.15, 0.2) is 0 Å². The van der Waals surface area contributed by atoms with Crippen LogP contribution >= 0.6 is 0 Å². The van der Waals surface area contributed by atoms with Crippen molar-refractivity contribution < 1.29 is 4.74 Å². The quantitative estimate of drug-likeness (QED) is 0.807. The van der Waals surface area contributed by atoms with Gasteiger partial charge in [-0.3, -0.25) is 5.10 Å².